The molecule has 0 unspecified atom stereocenters. The van der Waals surface area contributed by atoms with Crippen molar-refractivity contribution in [2.75, 3.05) is 6.54 Å². The first kappa shape index (κ1) is 20.5. The van der Waals surface area contributed by atoms with Crippen molar-refractivity contribution < 1.29 is 45.7 Å². The van der Waals surface area contributed by atoms with Gasteiger partial charge in [0.05, 0.1) is 31.2 Å². The van der Waals surface area contributed by atoms with Crippen molar-refractivity contribution in [1.82, 2.24) is 9.97 Å². The number of nitrogens with two attached hydrogens (primary N) is 1. The number of Topliss-reactive ketones (excluding diaryl/α,β-unsaturated/α-hetero) is 1. The van der Waals surface area contributed by atoms with E-state index in [9.17, 15) is 14.4 Å². The van der Waals surface area contributed by atoms with Crippen molar-refractivity contribution in [2.45, 2.75) is 12.8 Å². The first-order valence-corrected chi connectivity index (χ1v) is 5.28. The fraction of sp³-hybridized carbons (Fsp3) is 0.273. The number of nitrogens with zero attached hydrogens (tertiary/aromatic N) is 1. The molecule has 0 radical (unpaired) electrons. The molecule has 0 amide bonds. The molecule has 9 heteroatoms. The summed E-state index contributed by atoms with van der Waals surface area (Å²) in [6, 6.07) is 0. The molecular formula is C11H15MoN3O5. The summed E-state index contributed by atoms with van der Waals surface area (Å²) >= 11 is 0. The monoisotopic (exact) mass is 367 g/mol. The maximum atomic E-state index is 10.3. The summed E-state index contributed by atoms with van der Waals surface area (Å²) in [6.07, 6.45) is 5.45. The summed E-state index contributed by atoms with van der Waals surface area (Å²) < 4.78 is 0. The zero-order valence-corrected chi connectivity index (χ0v) is 12.5. The van der Waals surface area contributed by atoms with Gasteiger partial charge in [0.2, 0.25) is 0 Å². The number of aromatic amines is 1. The predicted molar refractivity (Wildman–Crippen MR) is 66.2 cm³/mol. The minimum Gasteiger partial charge on any atom is -0.481 e. The number of imidazole rings is 1. The van der Waals surface area contributed by atoms with Gasteiger partial charge in [-0.15, -0.1) is 0 Å². The summed E-state index contributed by atoms with van der Waals surface area (Å²) in [6.45, 7) is -0.0622. The van der Waals surface area contributed by atoms with E-state index in [1.807, 2.05) is 0 Å². The summed E-state index contributed by atoms with van der Waals surface area (Å²) in [5.41, 5.74) is 5.60. The number of ketones is 1. The third-order valence-corrected chi connectivity index (χ3v) is 1.77. The number of nitrogens with one attached hydrogen (secondary N) is 1. The van der Waals surface area contributed by atoms with Crippen molar-refractivity contribution in [3.05, 3.63) is 24.3 Å². The number of hydrogen-bond acceptors (Lipinski definition) is 5. The maximum absolute atomic E-state index is 10.3. The van der Waals surface area contributed by atoms with Gasteiger partial charge in [-0.1, -0.05) is 0 Å². The van der Waals surface area contributed by atoms with Crippen LogP contribution in [-0.4, -0.2) is 44.4 Å². The van der Waals surface area contributed by atoms with Crippen molar-refractivity contribution in [3.63, 3.8) is 0 Å². The van der Waals surface area contributed by atoms with E-state index < -0.39 is 11.9 Å². The van der Waals surface area contributed by atoms with Gasteiger partial charge in [-0.3, -0.25) is 9.59 Å². The molecule has 5 N–H and O–H groups in total. The molecule has 110 valence electrons. The first-order valence-electron chi connectivity index (χ1n) is 5.28. The molecule has 0 saturated heterocycles. The molecule has 8 nitrogen and oxygen atoms in total. The minimum absolute atomic E-state index is 0. The zero-order chi connectivity index (χ0) is 14.7. The Morgan fingerprint density at radius 3 is 2.35 bits per heavy atom. The van der Waals surface area contributed by atoms with Crippen LogP contribution in [0.3, 0.4) is 0 Å². The number of carbonyl (C=O) groups excluding carboxylic acids is 1. The number of hydrogen-bond donors (Lipinski definition) is 4. The summed E-state index contributed by atoms with van der Waals surface area (Å²) in [7, 11) is 0. The summed E-state index contributed by atoms with van der Waals surface area (Å²) in [4.78, 5) is 36.6. The van der Waals surface area contributed by atoms with E-state index in [2.05, 4.69) is 9.97 Å². The van der Waals surface area contributed by atoms with Gasteiger partial charge < -0.3 is 20.9 Å². The van der Waals surface area contributed by atoms with Crippen LogP contribution in [-0.2, 0) is 35.4 Å². The van der Waals surface area contributed by atoms with E-state index in [0.717, 1.165) is 6.08 Å². The van der Waals surface area contributed by atoms with E-state index >= 15 is 0 Å². The van der Waals surface area contributed by atoms with Crippen LogP contribution < -0.4 is 5.73 Å². The number of carboxylic acid groups (broad SMARTS) is 2. The quantitative estimate of drug-likeness (QED) is 0.406. The molecule has 1 aromatic heterocycles. The van der Waals surface area contributed by atoms with Gasteiger partial charge in [0.1, 0.15) is 5.78 Å². The number of carboxylic acids is 2. The fourth-order valence-electron chi connectivity index (χ4n) is 0.867. The molecule has 0 aliphatic rings. The number of aromatic nitrogens is 2. The van der Waals surface area contributed by atoms with Gasteiger partial charge in [-0.05, 0) is 6.08 Å². The zero-order valence-electron chi connectivity index (χ0n) is 10.5. The maximum Gasteiger partial charge on any atom is 0.328 e. The minimum atomic E-state index is -0.963. The number of carbonyl (C=O) groups is 3. The fourth-order valence-corrected chi connectivity index (χ4v) is 0.867. The Morgan fingerprint density at radius 2 is 1.95 bits per heavy atom. The molecule has 0 aliphatic carbocycles. The third-order valence-electron chi connectivity index (χ3n) is 1.77. The molecule has 1 aromatic rings. The molecule has 0 atom stereocenters. The molecule has 0 aliphatic heterocycles. The van der Waals surface area contributed by atoms with Gasteiger partial charge in [-0.25, -0.2) is 9.78 Å². The van der Waals surface area contributed by atoms with E-state index in [4.69, 9.17) is 15.9 Å². The van der Waals surface area contributed by atoms with Crippen molar-refractivity contribution in [3.8, 4) is 0 Å². The van der Waals surface area contributed by atoms with E-state index in [0.29, 0.717) is 5.69 Å². The summed E-state index contributed by atoms with van der Waals surface area (Å²) in [5.74, 6) is -2.14. The van der Waals surface area contributed by atoms with E-state index in [1.54, 1.807) is 6.20 Å². The number of rotatable bonds is 6. The topological polar surface area (TPSA) is 146 Å². The van der Waals surface area contributed by atoms with Crippen LogP contribution in [0, 0.1) is 0 Å². The Balaban J connectivity index is 0. The van der Waals surface area contributed by atoms with Crippen LogP contribution in [0.5, 0.6) is 0 Å². The Bertz CT molecular complexity index is 445. The largest absolute Gasteiger partial charge is 0.481 e. The molecule has 0 saturated carbocycles. The van der Waals surface area contributed by atoms with Crippen LogP contribution in [0.2, 0.25) is 0 Å². The second-order valence-corrected chi connectivity index (χ2v) is 3.32. The molecule has 0 bridgehead atoms. The normalized spacial score (nSPS) is 9.25. The predicted octanol–water partition coefficient (Wildman–Crippen LogP) is -0.116. The van der Waals surface area contributed by atoms with Crippen LogP contribution in [0.1, 0.15) is 18.5 Å². The third kappa shape index (κ3) is 12.7. The van der Waals surface area contributed by atoms with Gasteiger partial charge in [0, 0.05) is 33.6 Å². The standard InChI is InChI=1S/C6H6N2O2.C5H9NO3.Mo/c9-6(10)2-1-5-3-7-4-8-5;6-3-4(7)1-2-5(8)9;/h1-4H,(H,7,8)(H,9,10);1-3,6H2,(H,8,9);/b2-1+;;. The molecule has 0 fully saturated rings. The second-order valence-electron chi connectivity index (χ2n) is 3.32. The van der Waals surface area contributed by atoms with Gasteiger partial charge >= 0.3 is 11.9 Å². The Labute approximate surface area is 129 Å². The molecule has 0 aromatic carbocycles. The number of H-pyrrole nitrogens is 1. The van der Waals surface area contributed by atoms with Crippen molar-refractivity contribution >= 4 is 23.8 Å². The molecular weight excluding hydrogens is 350 g/mol. The van der Waals surface area contributed by atoms with E-state index in [-0.39, 0.29) is 46.2 Å². The molecule has 1 rings (SSSR count). The van der Waals surface area contributed by atoms with Crippen LogP contribution in [0.25, 0.3) is 6.08 Å². The van der Waals surface area contributed by atoms with Crippen molar-refractivity contribution in [2.24, 2.45) is 5.73 Å². The van der Waals surface area contributed by atoms with Gasteiger partial charge in [0.15, 0.2) is 0 Å². The van der Waals surface area contributed by atoms with Crippen LogP contribution in [0.4, 0.5) is 0 Å². The SMILES string of the molecule is NCC(=O)CCC(=O)O.O=C(O)/C=C/c1cnc[nH]1.[Mo]. The van der Waals surface area contributed by atoms with Crippen LogP contribution >= 0.6 is 0 Å². The Kier molecular flexibility index (Phi) is 12.6. The number of aliphatic carboxylic acids is 2. The first-order chi connectivity index (χ1) is 8.95. The van der Waals surface area contributed by atoms with Gasteiger partial charge in [-0.2, -0.15) is 0 Å². The Morgan fingerprint density at radius 1 is 1.30 bits per heavy atom. The Hall–Kier alpha value is -1.79. The van der Waals surface area contributed by atoms with E-state index in [1.165, 1.54) is 12.4 Å². The summed E-state index contributed by atoms with van der Waals surface area (Å²) in [5, 5.41) is 16.3. The average molecular weight is 365 g/mol. The van der Waals surface area contributed by atoms with Gasteiger partial charge in [0.25, 0.3) is 0 Å². The molecule has 20 heavy (non-hydrogen) atoms. The molecule has 1 heterocycles. The van der Waals surface area contributed by atoms with Crippen molar-refractivity contribution in [1.29, 1.82) is 0 Å². The average Bonchev–Trinajstić information content (AvgIpc) is 2.87. The molecule has 0 spiro atoms. The van der Waals surface area contributed by atoms with Crippen LogP contribution in [0.15, 0.2) is 18.6 Å². The second kappa shape index (κ2) is 12.3. The smallest absolute Gasteiger partial charge is 0.328 e.